The van der Waals surface area contributed by atoms with E-state index in [1.165, 1.54) is 6.07 Å². The van der Waals surface area contributed by atoms with E-state index in [1.807, 2.05) is 0 Å². The number of carbonyl (C=O) groups excluding carboxylic acids is 1. The number of carboxylic acids is 3. The Morgan fingerprint density at radius 2 is 1.65 bits per heavy atom. The molecule has 1 heterocycles. The summed E-state index contributed by atoms with van der Waals surface area (Å²) in [4.78, 5) is 32.1. The van der Waals surface area contributed by atoms with Crippen molar-refractivity contribution in [2.24, 2.45) is 0 Å². The predicted molar refractivity (Wildman–Crippen MR) is 58.2 cm³/mol. The molecular formula is C10H13NO9. The van der Waals surface area contributed by atoms with Gasteiger partial charge in [-0.2, -0.15) is 0 Å². The second-order valence-corrected chi connectivity index (χ2v) is 3.13. The smallest absolute Gasteiger partial charge is 0.401 e. The quantitative estimate of drug-likeness (QED) is 0.428. The number of aliphatic hydroxyl groups excluding tert-OH is 2. The molecule has 10 nitrogen and oxygen atoms in total. The normalized spacial score (nSPS) is 11.9. The number of pyridine rings is 1. The van der Waals surface area contributed by atoms with Gasteiger partial charge in [0.1, 0.15) is 6.10 Å². The second-order valence-electron chi connectivity index (χ2n) is 3.13. The van der Waals surface area contributed by atoms with Crippen LogP contribution < -0.4 is 10.1 Å². The lowest BCUT2D eigenvalue weighted by Gasteiger charge is -2.13. The Hall–Kier alpha value is -2.56. The molecule has 2 atom stereocenters. The topological polar surface area (TPSA) is 201 Å². The highest BCUT2D eigenvalue weighted by atomic mass is 16.4. The molecule has 0 amide bonds. The van der Waals surface area contributed by atoms with Gasteiger partial charge in [0.05, 0.1) is 5.97 Å². The van der Waals surface area contributed by atoms with E-state index in [0.29, 0.717) is 0 Å². The predicted octanol–water partition coefficient (Wildman–Crippen LogP) is -4.08. The first kappa shape index (κ1) is 19.8. The Morgan fingerprint density at radius 3 is 1.85 bits per heavy atom. The zero-order valence-electron chi connectivity index (χ0n) is 9.89. The molecule has 0 aromatic carbocycles. The van der Waals surface area contributed by atoms with E-state index in [-0.39, 0.29) is 11.2 Å². The highest BCUT2D eigenvalue weighted by Gasteiger charge is 2.23. The number of aromatic carboxylic acids is 1. The van der Waals surface area contributed by atoms with Gasteiger partial charge in [-0.05, 0) is 6.07 Å². The van der Waals surface area contributed by atoms with Gasteiger partial charge < -0.3 is 35.8 Å². The van der Waals surface area contributed by atoms with Gasteiger partial charge in [0.15, 0.2) is 12.3 Å². The molecule has 112 valence electrons. The van der Waals surface area contributed by atoms with Gasteiger partial charge in [-0.1, -0.05) is 0 Å². The van der Waals surface area contributed by atoms with Crippen LogP contribution in [0, 0.1) is 0 Å². The van der Waals surface area contributed by atoms with Crippen LogP contribution in [0.2, 0.25) is 0 Å². The first-order valence-corrected chi connectivity index (χ1v) is 4.77. The number of aromatic nitrogens is 1. The average Bonchev–Trinajstić information content (AvgIpc) is 2.38. The third-order valence-electron chi connectivity index (χ3n) is 1.73. The van der Waals surface area contributed by atoms with Gasteiger partial charge >= 0.3 is 11.9 Å². The van der Waals surface area contributed by atoms with Crippen molar-refractivity contribution < 1.29 is 50.4 Å². The lowest BCUT2D eigenvalue weighted by Crippen LogP contribution is -2.46. The van der Waals surface area contributed by atoms with Gasteiger partial charge in [-0.25, -0.2) is 14.6 Å². The van der Waals surface area contributed by atoms with Gasteiger partial charge in [0.25, 0.3) is 5.69 Å². The zero-order chi connectivity index (χ0) is 15.0. The molecule has 7 N–H and O–H groups in total. The minimum Gasteiger partial charge on any atom is -0.547 e. The maximum Gasteiger partial charge on any atom is 0.401 e. The van der Waals surface area contributed by atoms with Crippen molar-refractivity contribution in [3.05, 3.63) is 30.1 Å². The molecule has 0 saturated carbocycles. The van der Waals surface area contributed by atoms with Crippen LogP contribution in [0.25, 0.3) is 0 Å². The van der Waals surface area contributed by atoms with Gasteiger partial charge in [-0.3, -0.25) is 0 Å². The molecule has 1 aromatic heterocycles. The van der Waals surface area contributed by atoms with Gasteiger partial charge in [-0.15, -0.1) is 0 Å². The summed E-state index contributed by atoms with van der Waals surface area (Å²) in [6.07, 6.45) is -3.13. The fraction of sp³-hybridized carbons (Fsp3) is 0.200. The summed E-state index contributed by atoms with van der Waals surface area (Å²) >= 11 is 0. The molecule has 10 heteroatoms. The van der Waals surface area contributed by atoms with E-state index in [0.717, 1.165) is 0 Å². The number of nitrogens with one attached hydrogen (secondary N) is 1. The largest absolute Gasteiger partial charge is 0.547 e. The fourth-order valence-electron chi connectivity index (χ4n) is 0.790. The summed E-state index contributed by atoms with van der Waals surface area (Å²) in [6.45, 7) is 0. The van der Waals surface area contributed by atoms with Crippen LogP contribution in [0.5, 0.6) is 0 Å². The molecular weight excluding hydrogens is 278 g/mol. The molecule has 0 aliphatic rings. The average molecular weight is 291 g/mol. The minimum absolute atomic E-state index is 0. The van der Waals surface area contributed by atoms with E-state index in [4.69, 9.17) is 20.4 Å². The fourth-order valence-corrected chi connectivity index (χ4v) is 0.790. The molecule has 0 bridgehead atoms. The van der Waals surface area contributed by atoms with Crippen molar-refractivity contribution >= 4 is 17.9 Å². The van der Waals surface area contributed by atoms with Crippen LogP contribution in [0.1, 0.15) is 10.5 Å². The summed E-state index contributed by atoms with van der Waals surface area (Å²) in [6, 6.07) is 4.90. The maximum atomic E-state index is 10.2. The number of hydrogen-bond donors (Lipinski definition) is 4. The van der Waals surface area contributed by atoms with Crippen molar-refractivity contribution in [3.8, 4) is 0 Å². The van der Waals surface area contributed by atoms with Crippen LogP contribution in [0.4, 0.5) is 0 Å². The molecule has 0 saturated heterocycles. The van der Waals surface area contributed by atoms with Crippen molar-refractivity contribution in [2.75, 3.05) is 0 Å². The van der Waals surface area contributed by atoms with Crippen LogP contribution >= 0.6 is 0 Å². The van der Waals surface area contributed by atoms with Gasteiger partial charge in [0, 0.05) is 12.1 Å². The molecule has 1 rings (SSSR count). The molecule has 0 aliphatic carbocycles. The summed E-state index contributed by atoms with van der Waals surface area (Å²) in [7, 11) is 0. The number of hydrogen-bond acceptors (Lipinski definition) is 6. The minimum atomic E-state index is -2.38. The van der Waals surface area contributed by atoms with Crippen molar-refractivity contribution in [1.82, 2.24) is 0 Å². The summed E-state index contributed by atoms with van der Waals surface area (Å²) in [5.74, 6) is -4.76. The molecule has 1 aromatic rings. The number of H-pyrrole nitrogens is 1. The SMILES string of the molecule is O.O=C(O)c1cccc[nH+]1.O=C([O-])[C@H](O)[C@@H](O)C(=O)O. The van der Waals surface area contributed by atoms with Crippen molar-refractivity contribution in [2.45, 2.75) is 12.2 Å². The van der Waals surface area contributed by atoms with Crippen LogP contribution in [0.3, 0.4) is 0 Å². The number of aliphatic carboxylic acids is 2. The Morgan fingerprint density at radius 1 is 1.10 bits per heavy atom. The van der Waals surface area contributed by atoms with Crippen LogP contribution in [0.15, 0.2) is 24.4 Å². The number of carboxylic acid groups (broad SMARTS) is 3. The van der Waals surface area contributed by atoms with Crippen molar-refractivity contribution in [1.29, 1.82) is 0 Å². The van der Waals surface area contributed by atoms with E-state index in [1.54, 1.807) is 18.3 Å². The first-order chi connectivity index (χ1) is 8.77. The van der Waals surface area contributed by atoms with E-state index >= 15 is 0 Å². The molecule has 0 spiro atoms. The zero-order valence-corrected chi connectivity index (χ0v) is 9.89. The monoisotopic (exact) mass is 291 g/mol. The summed E-state index contributed by atoms with van der Waals surface area (Å²) < 4.78 is 0. The lowest BCUT2D eigenvalue weighted by molar-refractivity contribution is -0.383. The summed E-state index contributed by atoms with van der Waals surface area (Å²) in [5, 5.41) is 42.5. The number of carbonyl (C=O) groups is 3. The molecule has 0 radical (unpaired) electrons. The number of aliphatic hydroxyl groups is 2. The first-order valence-electron chi connectivity index (χ1n) is 4.77. The van der Waals surface area contributed by atoms with Crippen LogP contribution in [-0.2, 0) is 9.59 Å². The van der Waals surface area contributed by atoms with Crippen molar-refractivity contribution in [3.63, 3.8) is 0 Å². The standard InChI is InChI=1S/C6H5NO2.C4H6O6.H2O/c8-6(9)5-3-1-2-4-7-5;5-1(3(7)8)2(6)4(9)10;/h1-4H,(H,8,9);1-2,5-6H,(H,7,8)(H,9,10);1H2/t;1-,2-;/m.1./s1. The van der Waals surface area contributed by atoms with E-state index in [9.17, 15) is 19.5 Å². The van der Waals surface area contributed by atoms with E-state index < -0.39 is 30.1 Å². The lowest BCUT2D eigenvalue weighted by atomic mass is 10.2. The molecule has 0 aliphatic heterocycles. The number of aromatic amines is 1. The second kappa shape index (κ2) is 9.38. The van der Waals surface area contributed by atoms with Crippen LogP contribution in [-0.4, -0.2) is 56.0 Å². The highest BCUT2D eigenvalue weighted by molar-refractivity contribution is 5.83. The molecule has 0 unspecified atom stereocenters. The highest BCUT2D eigenvalue weighted by Crippen LogP contribution is 1.90. The van der Waals surface area contributed by atoms with Gasteiger partial charge in [0.2, 0.25) is 0 Å². The Balaban J connectivity index is 0. The maximum absolute atomic E-state index is 10.2. The molecule has 20 heavy (non-hydrogen) atoms. The third-order valence-corrected chi connectivity index (χ3v) is 1.73. The Kier molecular flexibility index (Phi) is 9.27. The Bertz CT molecular complexity index is 429. The molecule has 0 fully saturated rings. The third kappa shape index (κ3) is 7.00. The Labute approximate surface area is 111 Å². The van der Waals surface area contributed by atoms with E-state index in [2.05, 4.69) is 4.98 Å². The summed E-state index contributed by atoms with van der Waals surface area (Å²) in [5.41, 5.74) is 0.206. The number of rotatable bonds is 4.